The van der Waals surface area contributed by atoms with Crippen LogP contribution in [0.2, 0.25) is 0 Å². The Morgan fingerprint density at radius 3 is 2.88 bits per heavy atom. The largest absolute Gasteiger partial charge is 0.492 e. The molecular formula is C25H27FN6OS. The zero-order valence-electron chi connectivity index (χ0n) is 19.0. The number of aromatic nitrogens is 3. The van der Waals surface area contributed by atoms with Crippen molar-refractivity contribution in [2.75, 3.05) is 48.4 Å². The molecule has 5 rings (SSSR count). The first kappa shape index (κ1) is 22.5. The van der Waals surface area contributed by atoms with Crippen molar-refractivity contribution in [1.29, 1.82) is 0 Å². The van der Waals surface area contributed by atoms with Crippen LogP contribution in [0.1, 0.15) is 5.69 Å². The van der Waals surface area contributed by atoms with Gasteiger partial charge in [0.1, 0.15) is 18.2 Å². The van der Waals surface area contributed by atoms with Gasteiger partial charge in [-0.2, -0.15) is 16.7 Å². The first-order chi connectivity index (χ1) is 16.6. The van der Waals surface area contributed by atoms with Gasteiger partial charge >= 0.3 is 0 Å². The van der Waals surface area contributed by atoms with E-state index in [-0.39, 0.29) is 5.82 Å². The predicted molar refractivity (Wildman–Crippen MR) is 137 cm³/mol. The molecule has 3 heterocycles. The number of H-pyrrole nitrogens is 1. The molecular weight excluding hydrogens is 451 g/mol. The number of aromatic amines is 1. The molecule has 2 aromatic heterocycles. The zero-order valence-corrected chi connectivity index (χ0v) is 19.8. The van der Waals surface area contributed by atoms with Gasteiger partial charge in [0, 0.05) is 65.7 Å². The summed E-state index contributed by atoms with van der Waals surface area (Å²) < 4.78 is 20.9. The number of thioether (sulfide) groups is 1. The number of rotatable bonds is 8. The molecule has 1 saturated heterocycles. The molecule has 1 aliphatic rings. The van der Waals surface area contributed by atoms with Crippen molar-refractivity contribution < 1.29 is 9.13 Å². The van der Waals surface area contributed by atoms with Crippen molar-refractivity contribution in [3.05, 3.63) is 66.2 Å². The molecule has 34 heavy (non-hydrogen) atoms. The van der Waals surface area contributed by atoms with Crippen LogP contribution in [0.4, 0.5) is 27.5 Å². The number of nitrogens with one attached hydrogen (secondary N) is 3. The minimum absolute atomic E-state index is 0.317. The number of aryl methyl sites for hydroxylation is 1. The Labute approximate surface area is 202 Å². The lowest BCUT2D eigenvalue weighted by molar-refractivity contribution is 0.222. The van der Waals surface area contributed by atoms with Gasteiger partial charge in [0.05, 0.1) is 5.69 Å². The fourth-order valence-corrected chi connectivity index (χ4v) is 4.92. The normalized spacial score (nSPS) is 14.3. The summed E-state index contributed by atoms with van der Waals surface area (Å²) in [5.74, 6) is 3.77. The second kappa shape index (κ2) is 10.3. The lowest BCUT2D eigenvalue weighted by atomic mass is 10.2. The number of nitrogens with zero attached hydrogens (tertiary/aromatic N) is 3. The molecule has 4 aromatic rings. The maximum absolute atomic E-state index is 14.9. The molecule has 0 atom stereocenters. The molecule has 0 saturated carbocycles. The average Bonchev–Trinajstić information content (AvgIpc) is 3.23. The van der Waals surface area contributed by atoms with Crippen LogP contribution in [0.3, 0.4) is 0 Å². The Bertz CT molecular complexity index is 1270. The summed E-state index contributed by atoms with van der Waals surface area (Å²) in [5.41, 5.74) is 2.86. The van der Waals surface area contributed by atoms with Gasteiger partial charge in [-0.3, -0.25) is 4.90 Å². The van der Waals surface area contributed by atoms with E-state index in [1.54, 1.807) is 24.4 Å². The summed E-state index contributed by atoms with van der Waals surface area (Å²) in [6.07, 6.45) is 1.63. The maximum atomic E-state index is 14.9. The van der Waals surface area contributed by atoms with Crippen molar-refractivity contribution in [1.82, 2.24) is 19.9 Å². The Morgan fingerprint density at radius 2 is 2.00 bits per heavy atom. The van der Waals surface area contributed by atoms with E-state index < -0.39 is 0 Å². The minimum atomic E-state index is -0.317. The molecule has 1 fully saturated rings. The highest BCUT2D eigenvalue weighted by Crippen LogP contribution is 2.27. The number of hydrogen-bond acceptors (Lipinski definition) is 7. The van der Waals surface area contributed by atoms with Crippen LogP contribution in [-0.2, 0) is 0 Å². The molecule has 0 aliphatic carbocycles. The molecule has 0 unspecified atom stereocenters. The first-order valence-electron chi connectivity index (χ1n) is 11.3. The summed E-state index contributed by atoms with van der Waals surface area (Å²) >= 11 is 2.01. The summed E-state index contributed by atoms with van der Waals surface area (Å²) in [6.45, 7) is 5.74. The predicted octanol–water partition coefficient (Wildman–Crippen LogP) is 5.32. The topological polar surface area (TPSA) is 78.1 Å². The van der Waals surface area contributed by atoms with E-state index in [1.165, 1.54) is 11.5 Å². The Balaban J connectivity index is 1.22. The molecule has 176 valence electrons. The number of ether oxygens (including phenoxy) is 1. The van der Waals surface area contributed by atoms with Crippen molar-refractivity contribution in [2.24, 2.45) is 0 Å². The van der Waals surface area contributed by atoms with Crippen LogP contribution in [0.25, 0.3) is 10.9 Å². The molecule has 0 bridgehead atoms. The zero-order chi connectivity index (χ0) is 23.3. The highest BCUT2D eigenvalue weighted by atomic mass is 32.2. The lowest BCUT2D eigenvalue weighted by Gasteiger charge is -2.25. The van der Waals surface area contributed by atoms with Crippen molar-refractivity contribution >= 4 is 45.8 Å². The lowest BCUT2D eigenvalue weighted by Crippen LogP contribution is -2.35. The monoisotopic (exact) mass is 478 g/mol. The third kappa shape index (κ3) is 5.43. The summed E-state index contributed by atoms with van der Waals surface area (Å²) in [6, 6.07) is 14.8. The second-order valence-corrected chi connectivity index (χ2v) is 9.41. The average molecular weight is 479 g/mol. The molecule has 7 nitrogen and oxygen atoms in total. The van der Waals surface area contributed by atoms with Gasteiger partial charge in [0.2, 0.25) is 5.95 Å². The van der Waals surface area contributed by atoms with Gasteiger partial charge in [0.25, 0.3) is 0 Å². The highest BCUT2D eigenvalue weighted by molar-refractivity contribution is 7.99. The van der Waals surface area contributed by atoms with Crippen LogP contribution in [0, 0.1) is 12.7 Å². The van der Waals surface area contributed by atoms with Crippen LogP contribution < -0.4 is 15.4 Å². The third-order valence-corrected chi connectivity index (χ3v) is 6.60. The second-order valence-electron chi connectivity index (χ2n) is 8.19. The molecule has 0 spiro atoms. The van der Waals surface area contributed by atoms with Crippen LogP contribution in [0.5, 0.6) is 5.75 Å². The quantitative estimate of drug-likeness (QED) is 0.316. The van der Waals surface area contributed by atoms with Crippen LogP contribution in [0.15, 0.2) is 54.7 Å². The maximum Gasteiger partial charge on any atom is 0.229 e. The highest BCUT2D eigenvalue weighted by Gasteiger charge is 2.12. The van der Waals surface area contributed by atoms with Gasteiger partial charge in [-0.05, 0) is 43.3 Å². The number of anilines is 4. The number of fused-ring (bicyclic) bond motifs is 1. The summed E-state index contributed by atoms with van der Waals surface area (Å²) in [5, 5.41) is 6.81. The Morgan fingerprint density at radius 1 is 1.12 bits per heavy atom. The SMILES string of the molecule is Cc1cc2c(F)c(Nc3ccnc(Nc4cccc(OCCN5CCSCC5)c4)n3)ccc2[nH]1. The van der Waals surface area contributed by atoms with Crippen molar-refractivity contribution in [3.8, 4) is 5.75 Å². The van der Waals surface area contributed by atoms with Gasteiger partial charge in [-0.15, -0.1) is 0 Å². The van der Waals surface area contributed by atoms with E-state index in [9.17, 15) is 4.39 Å². The van der Waals surface area contributed by atoms with Crippen molar-refractivity contribution in [2.45, 2.75) is 6.92 Å². The Hall–Kier alpha value is -3.30. The third-order valence-electron chi connectivity index (χ3n) is 5.66. The van der Waals surface area contributed by atoms with E-state index in [0.29, 0.717) is 29.4 Å². The van der Waals surface area contributed by atoms with Gasteiger partial charge in [-0.1, -0.05) is 6.07 Å². The van der Waals surface area contributed by atoms with E-state index in [4.69, 9.17) is 4.74 Å². The smallest absolute Gasteiger partial charge is 0.229 e. The number of hydrogen-bond donors (Lipinski definition) is 3. The molecule has 9 heteroatoms. The van der Waals surface area contributed by atoms with Crippen LogP contribution in [-0.4, -0.2) is 57.6 Å². The fraction of sp³-hybridized carbons (Fsp3) is 0.280. The van der Waals surface area contributed by atoms with Crippen LogP contribution >= 0.6 is 11.8 Å². The van der Waals surface area contributed by atoms with Gasteiger partial charge in [-0.25, -0.2) is 9.37 Å². The summed E-state index contributed by atoms with van der Waals surface area (Å²) in [7, 11) is 0. The standard InChI is InChI=1S/C25H27FN6OS/c1-17-15-20-21(28-17)5-6-22(24(20)26)30-23-7-8-27-25(31-23)29-18-3-2-4-19(16-18)33-12-9-32-10-13-34-14-11-32/h2-8,15-16,28H,9-14H2,1H3,(H2,27,29,30,31). The van der Waals surface area contributed by atoms with E-state index in [1.807, 2.05) is 49.0 Å². The van der Waals surface area contributed by atoms with Crippen molar-refractivity contribution in [3.63, 3.8) is 0 Å². The van der Waals surface area contributed by atoms with Gasteiger partial charge in [0.15, 0.2) is 5.82 Å². The molecule has 3 N–H and O–H groups in total. The molecule has 0 amide bonds. The summed E-state index contributed by atoms with van der Waals surface area (Å²) in [4.78, 5) is 14.4. The molecule has 2 aromatic carbocycles. The molecule has 1 aliphatic heterocycles. The molecule has 0 radical (unpaired) electrons. The van der Waals surface area contributed by atoms with E-state index in [0.717, 1.165) is 42.3 Å². The minimum Gasteiger partial charge on any atom is -0.492 e. The van der Waals surface area contributed by atoms with E-state index >= 15 is 0 Å². The van der Waals surface area contributed by atoms with Gasteiger partial charge < -0.3 is 20.4 Å². The fourth-order valence-electron chi connectivity index (χ4n) is 3.94. The Kier molecular flexibility index (Phi) is 6.82. The first-order valence-corrected chi connectivity index (χ1v) is 12.5. The van der Waals surface area contributed by atoms with E-state index in [2.05, 4.69) is 30.5 Å². The number of halogens is 1. The number of benzene rings is 2.